The van der Waals surface area contributed by atoms with Crippen LogP contribution in [0.4, 0.5) is 0 Å². The Morgan fingerprint density at radius 2 is 1.78 bits per heavy atom. The summed E-state index contributed by atoms with van der Waals surface area (Å²) in [4.78, 5) is 16.5. The summed E-state index contributed by atoms with van der Waals surface area (Å²) < 4.78 is 15.9. The summed E-state index contributed by atoms with van der Waals surface area (Å²) >= 11 is 0. The molecule has 0 radical (unpaired) electrons. The van der Waals surface area contributed by atoms with Gasteiger partial charge in [0.25, 0.3) is 5.91 Å². The standard InChI is InChI=1S/C20H21N3O4/c1-13-4-8-17(9-5-13)26-14(2)20(24)21-12-18-22-19(23-27-18)15-6-10-16(25-3)11-7-15/h4-11,14H,12H2,1-3H3,(H,21,24)/t14-/m0/s1. The molecule has 0 saturated heterocycles. The maximum absolute atomic E-state index is 12.2. The first kappa shape index (κ1) is 18.4. The fourth-order valence-corrected chi connectivity index (χ4v) is 2.36. The summed E-state index contributed by atoms with van der Waals surface area (Å²) in [5.41, 5.74) is 1.93. The highest BCUT2D eigenvalue weighted by atomic mass is 16.5. The highest BCUT2D eigenvalue weighted by Gasteiger charge is 2.16. The predicted octanol–water partition coefficient (Wildman–Crippen LogP) is 3.14. The van der Waals surface area contributed by atoms with Crippen LogP contribution in [-0.2, 0) is 11.3 Å². The van der Waals surface area contributed by atoms with Crippen LogP contribution in [0.3, 0.4) is 0 Å². The summed E-state index contributed by atoms with van der Waals surface area (Å²) in [6.07, 6.45) is -0.642. The van der Waals surface area contributed by atoms with Crippen LogP contribution in [0, 0.1) is 6.92 Å². The molecule has 1 atom stereocenters. The van der Waals surface area contributed by atoms with Gasteiger partial charge in [0.1, 0.15) is 11.5 Å². The number of hydrogen-bond acceptors (Lipinski definition) is 6. The van der Waals surface area contributed by atoms with E-state index in [4.69, 9.17) is 14.0 Å². The van der Waals surface area contributed by atoms with Gasteiger partial charge >= 0.3 is 0 Å². The lowest BCUT2D eigenvalue weighted by Crippen LogP contribution is -2.35. The molecule has 0 aliphatic heterocycles. The third-order valence-electron chi connectivity index (χ3n) is 3.93. The van der Waals surface area contributed by atoms with Gasteiger partial charge in [-0.15, -0.1) is 0 Å². The molecule has 7 heteroatoms. The number of nitrogens with zero attached hydrogens (tertiary/aromatic N) is 2. The first-order valence-corrected chi connectivity index (χ1v) is 8.53. The van der Waals surface area contributed by atoms with Gasteiger partial charge in [-0.3, -0.25) is 4.79 Å². The third kappa shape index (κ3) is 4.84. The number of carbonyl (C=O) groups is 1. The van der Waals surface area contributed by atoms with E-state index >= 15 is 0 Å². The van der Waals surface area contributed by atoms with Gasteiger partial charge in [-0.05, 0) is 50.2 Å². The van der Waals surface area contributed by atoms with Crippen molar-refractivity contribution in [1.29, 1.82) is 0 Å². The zero-order valence-electron chi connectivity index (χ0n) is 15.4. The van der Waals surface area contributed by atoms with Crippen molar-refractivity contribution in [2.45, 2.75) is 26.5 Å². The lowest BCUT2D eigenvalue weighted by Gasteiger charge is -2.14. The van der Waals surface area contributed by atoms with Crippen LogP contribution in [0.2, 0.25) is 0 Å². The van der Waals surface area contributed by atoms with E-state index < -0.39 is 6.10 Å². The lowest BCUT2D eigenvalue weighted by molar-refractivity contribution is -0.127. The van der Waals surface area contributed by atoms with Crippen molar-refractivity contribution in [3.8, 4) is 22.9 Å². The van der Waals surface area contributed by atoms with Crippen molar-refractivity contribution >= 4 is 5.91 Å². The number of carbonyl (C=O) groups excluding carboxylic acids is 1. The molecular formula is C20H21N3O4. The van der Waals surface area contributed by atoms with Gasteiger partial charge < -0.3 is 19.3 Å². The highest BCUT2D eigenvalue weighted by Crippen LogP contribution is 2.19. The Morgan fingerprint density at radius 1 is 1.11 bits per heavy atom. The lowest BCUT2D eigenvalue weighted by atomic mass is 10.2. The second kappa shape index (κ2) is 8.35. The minimum atomic E-state index is -0.642. The van der Waals surface area contributed by atoms with Crippen LogP contribution in [0.15, 0.2) is 53.1 Å². The third-order valence-corrected chi connectivity index (χ3v) is 3.93. The summed E-state index contributed by atoms with van der Waals surface area (Å²) in [5.74, 6) is 1.89. The normalized spacial score (nSPS) is 11.7. The first-order chi connectivity index (χ1) is 13.0. The van der Waals surface area contributed by atoms with E-state index in [9.17, 15) is 4.79 Å². The van der Waals surface area contributed by atoms with E-state index in [1.807, 2.05) is 55.5 Å². The molecule has 0 aliphatic carbocycles. The van der Waals surface area contributed by atoms with Gasteiger partial charge in [0, 0.05) is 5.56 Å². The van der Waals surface area contributed by atoms with Crippen molar-refractivity contribution < 1.29 is 18.8 Å². The SMILES string of the molecule is COc1ccc(-c2noc(CNC(=O)[C@H](C)Oc3ccc(C)cc3)n2)cc1. The number of rotatable bonds is 7. The summed E-state index contributed by atoms with van der Waals surface area (Å²) in [7, 11) is 1.60. The smallest absolute Gasteiger partial charge is 0.261 e. The average molecular weight is 367 g/mol. The Hall–Kier alpha value is -3.35. The molecule has 1 heterocycles. The van der Waals surface area contributed by atoms with Crippen molar-refractivity contribution in [2.24, 2.45) is 0 Å². The number of nitrogens with one attached hydrogen (secondary N) is 1. The van der Waals surface area contributed by atoms with Crippen LogP contribution in [0.25, 0.3) is 11.4 Å². The van der Waals surface area contributed by atoms with E-state index in [1.165, 1.54) is 0 Å². The van der Waals surface area contributed by atoms with E-state index in [-0.39, 0.29) is 12.5 Å². The second-order valence-corrected chi connectivity index (χ2v) is 6.03. The number of methoxy groups -OCH3 is 1. The predicted molar refractivity (Wildman–Crippen MR) is 99.4 cm³/mol. The number of ether oxygens (including phenoxy) is 2. The molecule has 0 aliphatic rings. The van der Waals surface area contributed by atoms with Crippen molar-refractivity contribution in [1.82, 2.24) is 15.5 Å². The fourth-order valence-electron chi connectivity index (χ4n) is 2.36. The first-order valence-electron chi connectivity index (χ1n) is 8.53. The van der Waals surface area contributed by atoms with Crippen LogP contribution < -0.4 is 14.8 Å². The molecule has 140 valence electrons. The van der Waals surface area contributed by atoms with E-state index in [1.54, 1.807) is 14.0 Å². The number of amides is 1. The van der Waals surface area contributed by atoms with Gasteiger partial charge in [-0.25, -0.2) is 0 Å². The molecular weight excluding hydrogens is 346 g/mol. The maximum atomic E-state index is 12.2. The van der Waals surface area contributed by atoms with Crippen LogP contribution in [0.1, 0.15) is 18.4 Å². The van der Waals surface area contributed by atoms with Crippen LogP contribution in [0.5, 0.6) is 11.5 Å². The largest absolute Gasteiger partial charge is 0.497 e. The van der Waals surface area contributed by atoms with E-state index in [2.05, 4.69) is 15.5 Å². The molecule has 0 unspecified atom stereocenters. The molecule has 3 aromatic rings. The Kier molecular flexibility index (Phi) is 5.71. The molecule has 0 fully saturated rings. The Bertz CT molecular complexity index is 888. The van der Waals surface area contributed by atoms with E-state index in [0.717, 1.165) is 16.9 Å². The summed E-state index contributed by atoms with van der Waals surface area (Å²) in [6.45, 7) is 3.81. The second-order valence-electron chi connectivity index (χ2n) is 6.03. The van der Waals surface area contributed by atoms with Gasteiger partial charge in [0.15, 0.2) is 6.10 Å². The van der Waals surface area contributed by atoms with Crippen molar-refractivity contribution in [3.63, 3.8) is 0 Å². The Balaban J connectivity index is 1.54. The molecule has 0 spiro atoms. The summed E-state index contributed by atoms with van der Waals surface area (Å²) in [5, 5.41) is 6.66. The zero-order valence-corrected chi connectivity index (χ0v) is 15.4. The number of aromatic nitrogens is 2. The Labute approximate surface area is 157 Å². The monoisotopic (exact) mass is 367 g/mol. The molecule has 3 rings (SSSR count). The molecule has 0 bridgehead atoms. The summed E-state index contributed by atoms with van der Waals surface area (Å²) in [6, 6.07) is 14.8. The molecule has 1 aromatic heterocycles. The van der Waals surface area contributed by atoms with Gasteiger partial charge in [-0.2, -0.15) is 4.98 Å². The number of aryl methyl sites for hydroxylation is 1. The number of benzene rings is 2. The average Bonchev–Trinajstić information content (AvgIpc) is 3.17. The molecule has 1 amide bonds. The van der Waals surface area contributed by atoms with E-state index in [0.29, 0.717) is 17.5 Å². The van der Waals surface area contributed by atoms with Crippen LogP contribution >= 0.6 is 0 Å². The minimum absolute atomic E-state index is 0.129. The fraction of sp³-hybridized carbons (Fsp3) is 0.250. The number of hydrogen-bond donors (Lipinski definition) is 1. The molecule has 1 N–H and O–H groups in total. The molecule has 0 saturated carbocycles. The zero-order chi connectivity index (χ0) is 19.2. The van der Waals surface area contributed by atoms with Gasteiger partial charge in [0.2, 0.25) is 11.7 Å². The van der Waals surface area contributed by atoms with Gasteiger partial charge in [-0.1, -0.05) is 22.9 Å². The highest BCUT2D eigenvalue weighted by molar-refractivity contribution is 5.80. The van der Waals surface area contributed by atoms with Gasteiger partial charge in [0.05, 0.1) is 13.7 Å². The Morgan fingerprint density at radius 3 is 2.44 bits per heavy atom. The van der Waals surface area contributed by atoms with Crippen molar-refractivity contribution in [2.75, 3.05) is 7.11 Å². The van der Waals surface area contributed by atoms with Crippen LogP contribution in [-0.4, -0.2) is 29.3 Å². The van der Waals surface area contributed by atoms with Crippen molar-refractivity contribution in [3.05, 3.63) is 60.0 Å². The molecule has 2 aromatic carbocycles. The quantitative estimate of drug-likeness (QED) is 0.690. The molecule has 27 heavy (non-hydrogen) atoms. The maximum Gasteiger partial charge on any atom is 0.261 e. The topological polar surface area (TPSA) is 86.5 Å². The minimum Gasteiger partial charge on any atom is -0.497 e. The molecule has 7 nitrogen and oxygen atoms in total.